The zero-order chi connectivity index (χ0) is 31.6. The first-order chi connectivity index (χ1) is 20.1. The number of thioether (sulfide) groups is 1. The summed E-state index contributed by atoms with van der Waals surface area (Å²) in [7, 11) is -4.59. The van der Waals surface area contributed by atoms with Crippen LogP contribution in [0.25, 0.3) is 0 Å². The first-order valence-corrected chi connectivity index (χ1v) is 16.5. The highest BCUT2D eigenvalue weighted by Crippen LogP contribution is 2.36. The van der Waals surface area contributed by atoms with Gasteiger partial charge in [-0.15, -0.1) is 0 Å². The van der Waals surface area contributed by atoms with Gasteiger partial charge in [0, 0.05) is 31.0 Å². The van der Waals surface area contributed by atoms with E-state index in [1.807, 2.05) is 0 Å². The van der Waals surface area contributed by atoms with Gasteiger partial charge in [0.2, 0.25) is 5.54 Å². The summed E-state index contributed by atoms with van der Waals surface area (Å²) in [6.45, 7) is 8.84. The van der Waals surface area contributed by atoms with Crippen molar-refractivity contribution in [3.63, 3.8) is 0 Å². The first kappa shape index (κ1) is 32.5. The third kappa shape index (κ3) is 7.22. The number of rotatable bonds is 8. The van der Waals surface area contributed by atoms with E-state index in [1.165, 1.54) is 43.3 Å². The van der Waals surface area contributed by atoms with E-state index in [0.717, 1.165) is 21.4 Å². The molecule has 232 valence electrons. The fourth-order valence-electron chi connectivity index (χ4n) is 4.81. The van der Waals surface area contributed by atoms with E-state index in [9.17, 15) is 27.6 Å². The average Bonchev–Trinajstić information content (AvgIpc) is 3.39. The Morgan fingerprint density at radius 2 is 1.58 bits per heavy atom. The van der Waals surface area contributed by atoms with Crippen LogP contribution in [-0.4, -0.2) is 85.3 Å². The summed E-state index contributed by atoms with van der Waals surface area (Å²) in [6, 6.07) is 10.4. The molecule has 11 nitrogen and oxygen atoms in total. The highest BCUT2D eigenvalue weighted by atomic mass is 32.2. The van der Waals surface area contributed by atoms with Gasteiger partial charge < -0.3 is 19.7 Å². The molecule has 2 heterocycles. The third-order valence-corrected chi connectivity index (χ3v) is 9.95. The number of sulfonamides is 1. The van der Waals surface area contributed by atoms with Gasteiger partial charge in [-0.2, -0.15) is 11.8 Å². The van der Waals surface area contributed by atoms with Crippen molar-refractivity contribution >= 4 is 51.1 Å². The molecule has 1 amide bonds. The van der Waals surface area contributed by atoms with Crippen LogP contribution in [0.3, 0.4) is 0 Å². The number of nitrogens with one attached hydrogen (secondary N) is 1. The number of hydrogen-bond donors (Lipinski definition) is 1. The molecular formula is C30H37N3O8S2. The van der Waals surface area contributed by atoms with Gasteiger partial charge in [0.25, 0.3) is 10.0 Å². The Morgan fingerprint density at radius 1 is 0.977 bits per heavy atom. The van der Waals surface area contributed by atoms with E-state index < -0.39 is 45.1 Å². The van der Waals surface area contributed by atoms with Gasteiger partial charge in [-0.25, -0.2) is 22.3 Å². The van der Waals surface area contributed by atoms with Gasteiger partial charge in [0.1, 0.15) is 17.1 Å². The summed E-state index contributed by atoms with van der Waals surface area (Å²) in [6.07, 6.45) is -0.720. The minimum absolute atomic E-state index is 0.0409. The Morgan fingerprint density at radius 3 is 2.12 bits per heavy atom. The summed E-state index contributed by atoms with van der Waals surface area (Å²) >= 11 is 1.75. The highest BCUT2D eigenvalue weighted by Gasteiger charge is 2.56. The number of aryl methyl sites for hydroxylation is 1. The topological polar surface area (TPSA) is 139 Å². The lowest BCUT2D eigenvalue weighted by Gasteiger charge is -2.41. The van der Waals surface area contributed by atoms with Crippen LogP contribution in [0.2, 0.25) is 0 Å². The minimum atomic E-state index is -4.59. The molecule has 43 heavy (non-hydrogen) atoms. The quantitative estimate of drug-likeness (QED) is 0.341. The Hall–Kier alpha value is -3.42. The lowest BCUT2D eigenvalue weighted by molar-refractivity contribution is -0.163. The van der Waals surface area contributed by atoms with Crippen LogP contribution in [0.15, 0.2) is 53.4 Å². The first-order valence-electron chi connectivity index (χ1n) is 13.9. The van der Waals surface area contributed by atoms with Crippen LogP contribution >= 0.6 is 11.8 Å². The molecule has 2 aliphatic heterocycles. The number of hydrogen-bond acceptors (Lipinski definition) is 10. The van der Waals surface area contributed by atoms with Crippen molar-refractivity contribution < 1.29 is 37.1 Å². The molecule has 0 radical (unpaired) electrons. The average molecular weight is 632 g/mol. The predicted octanol–water partition coefficient (Wildman–Crippen LogP) is 3.34. The van der Waals surface area contributed by atoms with Gasteiger partial charge in [-0.1, -0.05) is 17.7 Å². The summed E-state index contributed by atoms with van der Waals surface area (Å²) in [5.74, 6) is -0.400. The second kappa shape index (κ2) is 12.7. The largest absolute Gasteiger partial charge is 0.458 e. The van der Waals surface area contributed by atoms with Gasteiger partial charge >= 0.3 is 12.1 Å². The number of ketones is 2. The van der Waals surface area contributed by atoms with E-state index in [4.69, 9.17) is 9.47 Å². The maximum absolute atomic E-state index is 14.4. The molecule has 2 aromatic rings. The molecule has 2 aromatic carbocycles. The van der Waals surface area contributed by atoms with Crippen LogP contribution in [0.4, 0.5) is 10.5 Å². The number of benzene rings is 2. The number of nitrogens with zero attached hydrogens (tertiary/aromatic N) is 2. The molecule has 0 aromatic heterocycles. The Labute approximate surface area is 256 Å². The number of Topliss-reactive ketones (excluding diaryl/α,β-unsaturated/α-hetero) is 2. The second-order valence-corrected chi connectivity index (χ2v) is 14.7. The van der Waals surface area contributed by atoms with Gasteiger partial charge in [-0.3, -0.25) is 9.59 Å². The number of anilines is 1. The molecule has 0 saturated carbocycles. The minimum Gasteiger partial charge on any atom is -0.458 e. The smallest absolute Gasteiger partial charge is 0.415 e. The lowest BCUT2D eigenvalue weighted by Crippen LogP contribution is -2.65. The number of carbonyl (C=O) groups excluding carboxylic acids is 4. The number of amides is 1. The molecule has 13 heteroatoms. The van der Waals surface area contributed by atoms with Crippen LogP contribution in [0.5, 0.6) is 5.75 Å². The molecule has 0 bridgehead atoms. The van der Waals surface area contributed by atoms with Crippen molar-refractivity contribution in [2.24, 2.45) is 0 Å². The Balaban J connectivity index is 1.82. The van der Waals surface area contributed by atoms with Crippen LogP contribution in [0.1, 0.15) is 39.7 Å². The van der Waals surface area contributed by atoms with Crippen molar-refractivity contribution in [3.8, 4) is 5.75 Å². The number of carbonyl (C=O) groups is 4. The fraction of sp³-hybridized carbons (Fsp3) is 0.467. The molecule has 1 N–H and O–H groups in total. The van der Waals surface area contributed by atoms with Crippen LogP contribution in [-0.2, 0) is 29.1 Å². The van der Waals surface area contributed by atoms with Crippen LogP contribution < -0.4 is 14.4 Å². The molecule has 0 spiro atoms. The van der Waals surface area contributed by atoms with Crippen molar-refractivity contribution in [2.75, 3.05) is 35.4 Å². The molecule has 0 unspecified atom stereocenters. The molecule has 2 fully saturated rings. The summed E-state index contributed by atoms with van der Waals surface area (Å²) < 4.78 is 40.7. The van der Waals surface area contributed by atoms with Gasteiger partial charge in [0.05, 0.1) is 23.2 Å². The standard InChI is InChI=1S/C30H37N3O8S2/c1-20-6-12-24(13-7-20)43(38,39)33(21-8-10-23(11-9-21)40-28(37)32-14-16-42-17-15-32)30(5,27(36)41-29(2,3)4)26(35)25-18-22(34)19-31-25/h6-13,25,31H,14-19H2,1-5H3/t25-,30+/m0/s1. The van der Waals surface area contributed by atoms with E-state index in [2.05, 4.69) is 5.32 Å². The molecule has 2 aliphatic rings. The number of ether oxygens (including phenoxy) is 2. The summed E-state index contributed by atoms with van der Waals surface area (Å²) in [5.41, 5.74) is -2.73. The molecule has 0 aliphatic carbocycles. The maximum Gasteiger partial charge on any atom is 0.415 e. The van der Waals surface area contributed by atoms with Gasteiger partial charge in [0.15, 0.2) is 5.78 Å². The van der Waals surface area contributed by atoms with E-state index >= 15 is 0 Å². The zero-order valence-electron chi connectivity index (χ0n) is 24.9. The van der Waals surface area contributed by atoms with Crippen molar-refractivity contribution in [3.05, 3.63) is 54.1 Å². The molecule has 2 atom stereocenters. The zero-order valence-corrected chi connectivity index (χ0v) is 26.5. The predicted molar refractivity (Wildman–Crippen MR) is 163 cm³/mol. The molecule has 4 rings (SSSR count). The van der Waals surface area contributed by atoms with Crippen molar-refractivity contribution in [1.29, 1.82) is 0 Å². The van der Waals surface area contributed by atoms with Crippen LogP contribution in [0, 0.1) is 6.92 Å². The second-order valence-electron chi connectivity index (χ2n) is 11.7. The maximum atomic E-state index is 14.4. The summed E-state index contributed by atoms with van der Waals surface area (Å²) in [4.78, 5) is 54.3. The molecule has 2 saturated heterocycles. The van der Waals surface area contributed by atoms with E-state index in [0.29, 0.717) is 13.1 Å². The lowest BCUT2D eigenvalue weighted by atomic mass is 9.89. The van der Waals surface area contributed by atoms with Crippen molar-refractivity contribution in [2.45, 2.75) is 63.1 Å². The molecular weight excluding hydrogens is 594 g/mol. The highest BCUT2D eigenvalue weighted by molar-refractivity contribution is 7.99. The van der Waals surface area contributed by atoms with E-state index in [-0.39, 0.29) is 35.1 Å². The normalized spacial score (nSPS) is 19.0. The Bertz CT molecular complexity index is 1480. The monoisotopic (exact) mass is 631 g/mol. The number of esters is 1. The summed E-state index contributed by atoms with van der Waals surface area (Å²) in [5, 5.41) is 2.80. The van der Waals surface area contributed by atoms with E-state index in [1.54, 1.807) is 56.5 Å². The van der Waals surface area contributed by atoms with Crippen molar-refractivity contribution in [1.82, 2.24) is 10.2 Å². The SMILES string of the molecule is Cc1ccc(S(=O)(=O)N(c2ccc(OC(=O)N3CCSCC3)cc2)[C@@](C)(C(=O)OC(C)(C)C)C(=O)[C@@H]2CC(=O)CN2)cc1. The Kier molecular flexibility index (Phi) is 9.57. The fourth-order valence-corrected chi connectivity index (χ4v) is 7.45. The van der Waals surface area contributed by atoms with Gasteiger partial charge in [-0.05, 0) is 71.0 Å². The third-order valence-electron chi connectivity index (χ3n) is 7.08.